The molecule has 0 saturated carbocycles. The van der Waals surface area contributed by atoms with E-state index < -0.39 is 4.84 Å². The average Bonchev–Trinajstić information content (AvgIpc) is 1.27. The fourth-order valence-corrected chi connectivity index (χ4v) is 0.857. The Bertz CT molecular complexity index is 75.4. The molecule has 0 radical (unpaired) electrons. The first kappa shape index (κ1) is 11.6. The van der Waals surface area contributed by atoms with E-state index >= 15 is 0 Å². The third-order valence-corrected chi connectivity index (χ3v) is 0.756. The van der Waals surface area contributed by atoms with Crippen molar-refractivity contribution >= 4 is 46.4 Å². The minimum absolute atomic E-state index is 0. The summed E-state index contributed by atoms with van der Waals surface area (Å²) < 4.78 is 0.0926. The molecule has 5 heteroatoms. The predicted octanol–water partition coefficient (Wildman–Crippen LogP) is 3.26. The van der Waals surface area contributed by atoms with E-state index in [1.165, 1.54) is 6.08 Å². The van der Waals surface area contributed by atoms with Gasteiger partial charge in [-0.15, -0.1) is 23.2 Å². The standard InChI is InChI=1S/C3H2Cl4.FH/c4-2(5)1-3(6)7;/h1-2H;1H. The lowest BCUT2D eigenvalue weighted by Crippen LogP contribution is -1.73. The maximum Gasteiger partial charge on any atom is 0.128 e. The van der Waals surface area contributed by atoms with Crippen LogP contribution in [0.2, 0.25) is 0 Å². The molecule has 8 heavy (non-hydrogen) atoms. The van der Waals surface area contributed by atoms with E-state index in [-0.39, 0.29) is 9.20 Å². The number of allylic oxidation sites excluding steroid dienone is 1. The maximum atomic E-state index is 5.19. The quantitative estimate of drug-likeness (QED) is 0.569. The first-order valence-corrected chi connectivity index (χ1v) is 3.07. The van der Waals surface area contributed by atoms with E-state index in [1.807, 2.05) is 0 Å². The molecule has 0 aliphatic carbocycles. The zero-order valence-corrected chi connectivity index (χ0v) is 6.60. The van der Waals surface area contributed by atoms with Gasteiger partial charge in [-0.25, -0.2) is 0 Å². The van der Waals surface area contributed by atoms with Crippen LogP contribution in [0, 0.1) is 0 Å². The Kier molecular flexibility index (Phi) is 8.64. The molecule has 0 aromatic rings. The van der Waals surface area contributed by atoms with Crippen molar-refractivity contribution in [2.45, 2.75) is 4.84 Å². The molecule has 0 aliphatic rings. The highest BCUT2D eigenvalue weighted by atomic mass is 35.5. The zero-order chi connectivity index (χ0) is 5.86. The summed E-state index contributed by atoms with van der Waals surface area (Å²) in [7, 11) is 0. The molecule has 0 rings (SSSR count). The molecule has 0 atom stereocenters. The van der Waals surface area contributed by atoms with Gasteiger partial charge < -0.3 is 0 Å². The largest absolute Gasteiger partial charge is 0.269 e. The second-order valence-corrected chi connectivity index (χ2v) is 2.96. The highest BCUT2D eigenvalue weighted by Gasteiger charge is 1.91. The number of hydrogen-bond acceptors (Lipinski definition) is 0. The lowest BCUT2D eigenvalue weighted by atomic mass is 10.7. The van der Waals surface area contributed by atoms with Crippen LogP contribution >= 0.6 is 46.4 Å². The number of rotatable bonds is 1. The van der Waals surface area contributed by atoms with Crippen molar-refractivity contribution in [3.05, 3.63) is 10.6 Å². The predicted molar refractivity (Wildman–Crippen MR) is 37.8 cm³/mol. The molecule has 0 aliphatic heterocycles. The van der Waals surface area contributed by atoms with Gasteiger partial charge in [0.1, 0.15) is 9.33 Å². The second-order valence-electron chi connectivity index (χ2n) is 0.791. The van der Waals surface area contributed by atoms with Gasteiger partial charge in [0.2, 0.25) is 0 Å². The highest BCUT2D eigenvalue weighted by Crippen LogP contribution is 2.12. The van der Waals surface area contributed by atoms with Crippen molar-refractivity contribution < 1.29 is 4.70 Å². The minimum atomic E-state index is -0.606. The van der Waals surface area contributed by atoms with Gasteiger partial charge in [0.25, 0.3) is 0 Å². The molecule has 0 aromatic heterocycles. The van der Waals surface area contributed by atoms with Crippen molar-refractivity contribution in [2.24, 2.45) is 0 Å². The summed E-state index contributed by atoms with van der Waals surface area (Å²) in [6, 6.07) is 0. The third-order valence-electron chi connectivity index (χ3n) is 0.252. The Hall–Kier alpha value is 0.830. The van der Waals surface area contributed by atoms with Crippen molar-refractivity contribution in [1.82, 2.24) is 0 Å². The van der Waals surface area contributed by atoms with E-state index in [0.29, 0.717) is 0 Å². The zero-order valence-electron chi connectivity index (χ0n) is 3.57. The van der Waals surface area contributed by atoms with E-state index in [4.69, 9.17) is 46.4 Å². The number of hydrogen-bond donors (Lipinski definition) is 0. The molecule has 0 amide bonds. The van der Waals surface area contributed by atoms with Crippen LogP contribution in [0.3, 0.4) is 0 Å². The Morgan fingerprint density at radius 3 is 1.62 bits per heavy atom. The molecule has 0 fully saturated rings. The van der Waals surface area contributed by atoms with Crippen LogP contribution in [0.5, 0.6) is 0 Å². The van der Waals surface area contributed by atoms with E-state index in [2.05, 4.69) is 0 Å². The van der Waals surface area contributed by atoms with Gasteiger partial charge in [0.15, 0.2) is 0 Å². The molecule has 0 N–H and O–H groups in total. The lowest BCUT2D eigenvalue weighted by molar-refractivity contribution is 1.11. The van der Waals surface area contributed by atoms with Crippen LogP contribution in [-0.4, -0.2) is 4.84 Å². The van der Waals surface area contributed by atoms with Crippen molar-refractivity contribution in [1.29, 1.82) is 0 Å². The molecule has 0 unspecified atom stereocenters. The first-order valence-electron chi connectivity index (χ1n) is 1.44. The Labute approximate surface area is 66.7 Å². The highest BCUT2D eigenvalue weighted by molar-refractivity contribution is 6.57. The molecule has 0 bridgehead atoms. The Morgan fingerprint density at radius 1 is 1.25 bits per heavy atom. The number of alkyl halides is 2. The van der Waals surface area contributed by atoms with Gasteiger partial charge in [-0.05, 0) is 6.08 Å². The van der Waals surface area contributed by atoms with Crippen LogP contribution in [-0.2, 0) is 0 Å². The molecule has 0 heterocycles. The minimum Gasteiger partial charge on any atom is -0.269 e. The third kappa shape index (κ3) is 9.95. The molecule has 50 valence electrons. The molecule has 0 aromatic carbocycles. The monoisotopic (exact) mass is 198 g/mol. The van der Waals surface area contributed by atoms with Gasteiger partial charge in [0.05, 0.1) is 0 Å². The molecule has 0 spiro atoms. The topological polar surface area (TPSA) is 0 Å². The molecule has 0 nitrogen and oxygen atoms in total. The fraction of sp³-hybridized carbons (Fsp3) is 0.333. The van der Waals surface area contributed by atoms with Gasteiger partial charge >= 0.3 is 0 Å². The lowest BCUT2D eigenvalue weighted by Gasteiger charge is -1.84. The summed E-state index contributed by atoms with van der Waals surface area (Å²) in [5.41, 5.74) is 0. The maximum absolute atomic E-state index is 5.19. The summed E-state index contributed by atoms with van der Waals surface area (Å²) >= 11 is 20.6. The smallest absolute Gasteiger partial charge is 0.128 e. The molecular weight excluding hydrogens is 197 g/mol. The summed E-state index contributed by atoms with van der Waals surface area (Å²) in [5, 5.41) is 0. The van der Waals surface area contributed by atoms with Crippen LogP contribution in [0.1, 0.15) is 0 Å². The summed E-state index contributed by atoms with van der Waals surface area (Å²) in [5.74, 6) is 0. The fourth-order valence-electron chi connectivity index (χ4n) is 0.0952. The van der Waals surface area contributed by atoms with Crippen LogP contribution in [0.15, 0.2) is 10.6 Å². The molecular formula is C3H3Cl4F. The van der Waals surface area contributed by atoms with Crippen molar-refractivity contribution in [2.75, 3.05) is 0 Å². The van der Waals surface area contributed by atoms with Gasteiger partial charge in [-0.3, -0.25) is 4.70 Å². The van der Waals surface area contributed by atoms with Gasteiger partial charge in [-0.2, -0.15) is 0 Å². The normalized spacial score (nSPS) is 8.12. The number of halogens is 5. The second kappa shape index (κ2) is 5.96. The Morgan fingerprint density at radius 2 is 1.62 bits per heavy atom. The van der Waals surface area contributed by atoms with Crippen molar-refractivity contribution in [3.63, 3.8) is 0 Å². The molecule has 0 saturated heterocycles. The van der Waals surface area contributed by atoms with Crippen molar-refractivity contribution in [3.8, 4) is 0 Å². The summed E-state index contributed by atoms with van der Waals surface area (Å²) in [6.07, 6.45) is 1.31. The van der Waals surface area contributed by atoms with Gasteiger partial charge in [-0.1, -0.05) is 23.2 Å². The summed E-state index contributed by atoms with van der Waals surface area (Å²) in [4.78, 5) is -0.606. The SMILES string of the molecule is ClC(Cl)=CC(Cl)Cl.F. The van der Waals surface area contributed by atoms with Crippen LogP contribution in [0.25, 0.3) is 0 Å². The Balaban J connectivity index is 0. The first-order chi connectivity index (χ1) is 3.13. The average molecular weight is 200 g/mol. The summed E-state index contributed by atoms with van der Waals surface area (Å²) in [6.45, 7) is 0. The van der Waals surface area contributed by atoms with Crippen LogP contribution in [0.4, 0.5) is 4.70 Å². The van der Waals surface area contributed by atoms with E-state index in [1.54, 1.807) is 0 Å². The van der Waals surface area contributed by atoms with E-state index in [0.717, 1.165) is 0 Å². The van der Waals surface area contributed by atoms with Gasteiger partial charge in [0, 0.05) is 0 Å². The van der Waals surface area contributed by atoms with Crippen LogP contribution < -0.4 is 0 Å². The van der Waals surface area contributed by atoms with E-state index in [9.17, 15) is 0 Å².